The summed E-state index contributed by atoms with van der Waals surface area (Å²) in [5.74, 6) is 0.904. The van der Waals surface area contributed by atoms with E-state index in [0.717, 1.165) is 24.2 Å². The second kappa shape index (κ2) is 4.09. The Hall–Kier alpha value is -1.90. The van der Waals surface area contributed by atoms with Crippen LogP contribution in [0.4, 0.5) is 0 Å². The molecule has 3 heteroatoms. The smallest absolute Gasteiger partial charge is 0.150 e. The highest BCUT2D eigenvalue weighted by atomic mass is 16.1. The Kier molecular flexibility index (Phi) is 2.63. The molecule has 3 nitrogen and oxygen atoms in total. The van der Waals surface area contributed by atoms with Gasteiger partial charge in [0.2, 0.25) is 0 Å². The average Bonchev–Trinajstić information content (AvgIpc) is 2.77. The van der Waals surface area contributed by atoms with Crippen LogP contribution in [0, 0.1) is 0 Å². The Labute approximate surface area is 88.4 Å². The first kappa shape index (κ1) is 9.65. The lowest BCUT2D eigenvalue weighted by Crippen LogP contribution is -1.96. The van der Waals surface area contributed by atoms with E-state index in [4.69, 9.17) is 0 Å². The summed E-state index contributed by atoms with van der Waals surface area (Å²) in [6.45, 7) is 2.94. The van der Waals surface area contributed by atoms with Crippen LogP contribution in [0.2, 0.25) is 0 Å². The van der Waals surface area contributed by atoms with Gasteiger partial charge in [-0.3, -0.25) is 4.79 Å². The number of carbonyl (C=O) groups excluding carboxylic acids is 1. The molecule has 0 aliphatic carbocycles. The Morgan fingerprint density at radius 3 is 3.07 bits per heavy atom. The molecule has 0 N–H and O–H groups in total. The summed E-state index contributed by atoms with van der Waals surface area (Å²) >= 11 is 0. The van der Waals surface area contributed by atoms with Crippen LogP contribution < -0.4 is 0 Å². The molecule has 0 saturated heterocycles. The van der Waals surface area contributed by atoms with E-state index < -0.39 is 0 Å². The zero-order valence-corrected chi connectivity index (χ0v) is 8.55. The summed E-state index contributed by atoms with van der Waals surface area (Å²) in [5, 5.41) is 0. The van der Waals surface area contributed by atoms with E-state index in [1.807, 2.05) is 29.0 Å². The van der Waals surface area contributed by atoms with Gasteiger partial charge in [-0.1, -0.05) is 18.2 Å². The van der Waals surface area contributed by atoms with Gasteiger partial charge in [-0.25, -0.2) is 4.98 Å². The molecule has 1 aromatic heterocycles. The van der Waals surface area contributed by atoms with Crippen LogP contribution in [-0.4, -0.2) is 15.8 Å². The highest BCUT2D eigenvalue weighted by Crippen LogP contribution is 2.17. The fourth-order valence-electron chi connectivity index (χ4n) is 1.58. The lowest BCUT2D eigenvalue weighted by molar-refractivity contribution is 0.112. The second-order valence-corrected chi connectivity index (χ2v) is 3.28. The number of imidazole rings is 1. The van der Waals surface area contributed by atoms with Crippen molar-refractivity contribution >= 4 is 6.29 Å². The Balaban J connectivity index is 2.48. The molecule has 1 heterocycles. The lowest BCUT2D eigenvalue weighted by atomic mass is 10.1. The summed E-state index contributed by atoms with van der Waals surface area (Å²) in [5.41, 5.74) is 1.66. The minimum Gasteiger partial charge on any atom is -0.331 e. The van der Waals surface area contributed by atoms with Gasteiger partial charge in [0, 0.05) is 30.1 Å². The SMILES string of the molecule is CCn1ccnc1-c1cccc(C=O)c1. The molecule has 0 atom stereocenters. The average molecular weight is 200 g/mol. The highest BCUT2D eigenvalue weighted by molar-refractivity contribution is 5.77. The number of aldehydes is 1. The number of carbonyl (C=O) groups is 1. The van der Waals surface area contributed by atoms with Crippen LogP contribution in [0.3, 0.4) is 0 Å². The predicted octanol–water partition coefficient (Wildman–Crippen LogP) is 2.38. The minimum absolute atomic E-state index is 0.679. The molecule has 0 unspecified atom stereocenters. The fourth-order valence-corrected chi connectivity index (χ4v) is 1.58. The molecule has 1 aromatic carbocycles. The van der Waals surface area contributed by atoms with Crippen molar-refractivity contribution in [3.05, 3.63) is 42.2 Å². The zero-order valence-electron chi connectivity index (χ0n) is 8.55. The normalized spacial score (nSPS) is 10.2. The van der Waals surface area contributed by atoms with E-state index in [-0.39, 0.29) is 0 Å². The minimum atomic E-state index is 0.679. The molecule has 0 fully saturated rings. The summed E-state index contributed by atoms with van der Waals surface area (Å²) in [6.07, 6.45) is 4.55. The van der Waals surface area contributed by atoms with Gasteiger partial charge in [0.05, 0.1) is 0 Å². The third kappa shape index (κ3) is 1.81. The maximum Gasteiger partial charge on any atom is 0.150 e. The molecule has 76 valence electrons. The largest absolute Gasteiger partial charge is 0.331 e. The molecule has 0 saturated carbocycles. The van der Waals surface area contributed by atoms with Gasteiger partial charge < -0.3 is 4.57 Å². The fraction of sp³-hybridized carbons (Fsp3) is 0.167. The van der Waals surface area contributed by atoms with Crippen LogP contribution >= 0.6 is 0 Å². The first-order valence-corrected chi connectivity index (χ1v) is 4.92. The van der Waals surface area contributed by atoms with Gasteiger partial charge in [0.1, 0.15) is 12.1 Å². The maximum absolute atomic E-state index is 10.7. The molecule has 0 bridgehead atoms. The van der Waals surface area contributed by atoms with Gasteiger partial charge >= 0.3 is 0 Å². The number of aryl methyl sites for hydroxylation is 1. The molecule has 0 aliphatic heterocycles. The molecule has 0 aliphatic rings. The molecular formula is C12H12N2O. The first-order valence-electron chi connectivity index (χ1n) is 4.92. The van der Waals surface area contributed by atoms with E-state index in [1.165, 1.54) is 0 Å². The summed E-state index contributed by atoms with van der Waals surface area (Å²) in [7, 11) is 0. The molecule has 2 rings (SSSR count). The van der Waals surface area contributed by atoms with E-state index >= 15 is 0 Å². The standard InChI is InChI=1S/C12H12N2O/c1-2-14-7-6-13-12(14)11-5-3-4-10(8-11)9-15/h3-9H,2H2,1H3. The van der Waals surface area contributed by atoms with Crippen molar-refractivity contribution in [3.63, 3.8) is 0 Å². The van der Waals surface area contributed by atoms with Gasteiger partial charge in [0.15, 0.2) is 0 Å². The molecule has 0 radical (unpaired) electrons. The van der Waals surface area contributed by atoms with Crippen molar-refractivity contribution in [2.24, 2.45) is 0 Å². The molecule has 15 heavy (non-hydrogen) atoms. The Bertz CT molecular complexity index is 474. The quantitative estimate of drug-likeness (QED) is 0.713. The van der Waals surface area contributed by atoms with E-state index in [1.54, 1.807) is 12.3 Å². The Morgan fingerprint density at radius 2 is 2.33 bits per heavy atom. The Morgan fingerprint density at radius 1 is 1.47 bits per heavy atom. The number of benzene rings is 1. The van der Waals surface area contributed by atoms with Crippen LogP contribution in [0.15, 0.2) is 36.7 Å². The van der Waals surface area contributed by atoms with Gasteiger partial charge in [0.25, 0.3) is 0 Å². The first-order chi connectivity index (χ1) is 7.35. The molecule has 0 spiro atoms. The number of hydrogen-bond acceptors (Lipinski definition) is 2. The monoisotopic (exact) mass is 200 g/mol. The predicted molar refractivity (Wildman–Crippen MR) is 58.7 cm³/mol. The molecule has 2 aromatic rings. The van der Waals surface area contributed by atoms with Crippen LogP contribution in [0.5, 0.6) is 0 Å². The van der Waals surface area contributed by atoms with Crippen molar-refractivity contribution in [1.82, 2.24) is 9.55 Å². The number of rotatable bonds is 3. The molecular weight excluding hydrogens is 188 g/mol. The van der Waals surface area contributed by atoms with Crippen molar-refractivity contribution in [2.75, 3.05) is 0 Å². The van der Waals surface area contributed by atoms with Crippen molar-refractivity contribution < 1.29 is 4.79 Å². The second-order valence-electron chi connectivity index (χ2n) is 3.28. The summed E-state index contributed by atoms with van der Waals surface area (Å²) < 4.78 is 2.05. The van der Waals surface area contributed by atoms with Crippen molar-refractivity contribution in [3.8, 4) is 11.4 Å². The van der Waals surface area contributed by atoms with E-state index in [0.29, 0.717) is 5.56 Å². The molecule has 0 amide bonds. The van der Waals surface area contributed by atoms with Crippen LogP contribution in [0.25, 0.3) is 11.4 Å². The number of hydrogen-bond donors (Lipinski definition) is 0. The van der Waals surface area contributed by atoms with E-state index in [2.05, 4.69) is 11.9 Å². The van der Waals surface area contributed by atoms with Gasteiger partial charge in [-0.2, -0.15) is 0 Å². The topological polar surface area (TPSA) is 34.9 Å². The lowest BCUT2D eigenvalue weighted by Gasteiger charge is -2.04. The third-order valence-electron chi connectivity index (χ3n) is 2.34. The summed E-state index contributed by atoms with van der Waals surface area (Å²) in [4.78, 5) is 14.9. The maximum atomic E-state index is 10.7. The van der Waals surface area contributed by atoms with Gasteiger partial charge in [-0.05, 0) is 13.0 Å². The van der Waals surface area contributed by atoms with Crippen LogP contribution in [0.1, 0.15) is 17.3 Å². The van der Waals surface area contributed by atoms with Crippen LogP contribution in [-0.2, 0) is 6.54 Å². The van der Waals surface area contributed by atoms with Gasteiger partial charge in [-0.15, -0.1) is 0 Å². The number of aromatic nitrogens is 2. The summed E-state index contributed by atoms with van der Waals surface area (Å²) in [6, 6.07) is 7.46. The highest BCUT2D eigenvalue weighted by Gasteiger charge is 2.04. The third-order valence-corrected chi connectivity index (χ3v) is 2.34. The zero-order chi connectivity index (χ0) is 10.7. The number of nitrogens with zero attached hydrogens (tertiary/aromatic N) is 2. The van der Waals surface area contributed by atoms with Crippen molar-refractivity contribution in [1.29, 1.82) is 0 Å². The van der Waals surface area contributed by atoms with Crippen molar-refractivity contribution in [2.45, 2.75) is 13.5 Å². The van der Waals surface area contributed by atoms with E-state index in [9.17, 15) is 4.79 Å².